The topological polar surface area (TPSA) is 50.1 Å². The zero-order chi connectivity index (χ0) is 16.4. The summed E-state index contributed by atoms with van der Waals surface area (Å²) in [6, 6.07) is 13.0. The summed E-state index contributed by atoms with van der Waals surface area (Å²) in [7, 11) is 0. The normalized spacial score (nSPS) is 11.3. The van der Waals surface area contributed by atoms with E-state index in [0.29, 0.717) is 22.0 Å². The molecule has 0 bridgehead atoms. The van der Waals surface area contributed by atoms with E-state index >= 15 is 0 Å². The Kier molecular flexibility index (Phi) is 4.12. The molecule has 4 nitrogen and oxygen atoms in total. The number of rotatable bonds is 3. The molecule has 1 aromatic heterocycles. The maximum atomic E-state index is 13.6. The van der Waals surface area contributed by atoms with E-state index in [0.717, 1.165) is 0 Å². The monoisotopic (exact) mass is 329 g/mol. The lowest BCUT2D eigenvalue weighted by Gasteiger charge is -2.00. The second-order valence-electron chi connectivity index (χ2n) is 4.98. The van der Waals surface area contributed by atoms with Crippen molar-refractivity contribution >= 4 is 23.5 Å². The molecule has 23 heavy (non-hydrogen) atoms. The number of aliphatic imine (C=N–C) groups is 1. The number of aromatic amines is 1. The van der Waals surface area contributed by atoms with Crippen molar-refractivity contribution in [2.45, 2.75) is 6.92 Å². The molecule has 0 aliphatic heterocycles. The smallest absolute Gasteiger partial charge is 0.280 e. The van der Waals surface area contributed by atoms with Crippen molar-refractivity contribution in [2.24, 2.45) is 4.99 Å². The van der Waals surface area contributed by atoms with Crippen molar-refractivity contribution in [2.75, 3.05) is 0 Å². The maximum absolute atomic E-state index is 13.6. The van der Waals surface area contributed by atoms with Crippen molar-refractivity contribution in [1.82, 2.24) is 9.78 Å². The number of aryl methyl sites for hydroxylation is 1. The second-order valence-corrected chi connectivity index (χ2v) is 5.41. The van der Waals surface area contributed by atoms with E-state index in [9.17, 15) is 9.18 Å². The quantitative estimate of drug-likeness (QED) is 0.725. The van der Waals surface area contributed by atoms with Gasteiger partial charge in [0.2, 0.25) is 0 Å². The van der Waals surface area contributed by atoms with E-state index in [-0.39, 0.29) is 11.2 Å². The molecule has 0 saturated heterocycles. The van der Waals surface area contributed by atoms with Crippen LogP contribution in [-0.2, 0) is 0 Å². The van der Waals surface area contributed by atoms with Crippen molar-refractivity contribution in [1.29, 1.82) is 0 Å². The fraction of sp³-hybridized carbons (Fsp3) is 0.0588. The van der Waals surface area contributed by atoms with E-state index in [1.165, 1.54) is 17.0 Å². The molecule has 0 radical (unpaired) electrons. The molecule has 0 aliphatic rings. The van der Waals surface area contributed by atoms with Gasteiger partial charge in [-0.25, -0.2) is 9.07 Å². The number of nitrogens with zero attached hydrogens (tertiary/aromatic N) is 2. The fourth-order valence-corrected chi connectivity index (χ4v) is 2.30. The summed E-state index contributed by atoms with van der Waals surface area (Å²) in [5.74, 6) is -0.435. The molecule has 6 heteroatoms. The van der Waals surface area contributed by atoms with E-state index in [1.807, 2.05) is 0 Å². The fourth-order valence-electron chi connectivity index (χ4n) is 2.17. The third kappa shape index (κ3) is 3.10. The third-order valence-corrected chi connectivity index (χ3v) is 3.64. The van der Waals surface area contributed by atoms with E-state index in [4.69, 9.17) is 11.6 Å². The molecule has 2 aromatic carbocycles. The van der Waals surface area contributed by atoms with Crippen LogP contribution in [0.2, 0.25) is 5.02 Å². The zero-order valence-electron chi connectivity index (χ0n) is 12.3. The molecule has 0 aliphatic carbocycles. The minimum Gasteiger partial charge on any atom is -0.295 e. The molecule has 0 amide bonds. The molecule has 0 atom stereocenters. The predicted octanol–water partition coefficient (Wildman–Crippen LogP) is 4.02. The number of hydrogen-bond acceptors (Lipinski definition) is 2. The van der Waals surface area contributed by atoms with Gasteiger partial charge in [-0.1, -0.05) is 23.7 Å². The van der Waals surface area contributed by atoms with Crippen LogP contribution in [0.4, 0.5) is 10.1 Å². The van der Waals surface area contributed by atoms with Gasteiger partial charge in [0, 0.05) is 16.9 Å². The average molecular weight is 330 g/mol. The van der Waals surface area contributed by atoms with Gasteiger partial charge in [0.05, 0.1) is 16.9 Å². The molecule has 3 aromatic rings. The summed E-state index contributed by atoms with van der Waals surface area (Å²) in [5, 5.41) is 3.56. The number of para-hydroxylation sites is 1. The molecule has 1 N–H and O–H groups in total. The van der Waals surface area contributed by atoms with Gasteiger partial charge in [-0.05, 0) is 43.3 Å². The van der Waals surface area contributed by atoms with Gasteiger partial charge in [-0.15, -0.1) is 0 Å². The number of nitrogens with one attached hydrogen (secondary N) is 1. The summed E-state index contributed by atoms with van der Waals surface area (Å²) in [4.78, 5) is 16.6. The molecule has 0 saturated carbocycles. The van der Waals surface area contributed by atoms with Crippen LogP contribution in [0.5, 0.6) is 0 Å². The van der Waals surface area contributed by atoms with E-state index in [1.54, 1.807) is 49.4 Å². The third-order valence-electron chi connectivity index (χ3n) is 3.39. The lowest BCUT2D eigenvalue weighted by Crippen LogP contribution is -2.17. The average Bonchev–Trinajstić information content (AvgIpc) is 2.82. The van der Waals surface area contributed by atoms with E-state index < -0.39 is 5.82 Å². The van der Waals surface area contributed by atoms with Gasteiger partial charge in [-0.2, -0.15) is 0 Å². The molecular weight excluding hydrogens is 317 g/mol. The molecule has 0 unspecified atom stereocenters. The Morgan fingerprint density at radius 2 is 1.87 bits per heavy atom. The molecule has 3 rings (SSSR count). The summed E-state index contributed by atoms with van der Waals surface area (Å²) in [6.45, 7) is 1.76. The Labute approximate surface area is 136 Å². The number of H-pyrrole nitrogens is 1. The van der Waals surface area contributed by atoms with Crippen molar-refractivity contribution in [3.05, 3.63) is 81.0 Å². The number of hydrogen-bond donors (Lipinski definition) is 1. The highest BCUT2D eigenvalue weighted by Gasteiger charge is 2.11. The predicted molar refractivity (Wildman–Crippen MR) is 89.8 cm³/mol. The van der Waals surface area contributed by atoms with Crippen LogP contribution < -0.4 is 5.56 Å². The van der Waals surface area contributed by atoms with Gasteiger partial charge in [0.25, 0.3) is 5.56 Å². The van der Waals surface area contributed by atoms with Gasteiger partial charge in [-0.3, -0.25) is 14.9 Å². The van der Waals surface area contributed by atoms with Crippen LogP contribution in [0.3, 0.4) is 0 Å². The first-order valence-corrected chi connectivity index (χ1v) is 7.30. The Bertz CT molecular complexity index is 926. The van der Waals surface area contributed by atoms with Crippen LogP contribution in [0.15, 0.2) is 58.3 Å². The minimum absolute atomic E-state index is 0.186. The Hall–Kier alpha value is -2.66. The zero-order valence-corrected chi connectivity index (χ0v) is 13.0. The van der Waals surface area contributed by atoms with Gasteiger partial charge >= 0.3 is 0 Å². The summed E-state index contributed by atoms with van der Waals surface area (Å²) >= 11 is 5.85. The van der Waals surface area contributed by atoms with Crippen LogP contribution in [-0.4, -0.2) is 16.0 Å². The molecular formula is C17H13ClFN3O. The SMILES string of the molecule is Cc1[nH]n(-c2ccc(Cl)cc2)c(=O)c1C=Nc1ccccc1F. The van der Waals surface area contributed by atoms with Crippen molar-refractivity contribution in [3.8, 4) is 5.69 Å². The largest absolute Gasteiger partial charge is 0.295 e. The van der Waals surface area contributed by atoms with Crippen LogP contribution in [0.1, 0.15) is 11.3 Å². The first-order valence-electron chi connectivity index (χ1n) is 6.92. The van der Waals surface area contributed by atoms with Crippen LogP contribution in [0, 0.1) is 12.7 Å². The highest BCUT2D eigenvalue weighted by atomic mass is 35.5. The van der Waals surface area contributed by atoms with Crippen molar-refractivity contribution < 1.29 is 4.39 Å². The maximum Gasteiger partial charge on any atom is 0.280 e. The second kappa shape index (κ2) is 6.22. The Morgan fingerprint density at radius 1 is 1.17 bits per heavy atom. The highest BCUT2D eigenvalue weighted by Crippen LogP contribution is 2.16. The Morgan fingerprint density at radius 3 is 2.57 bits per heavy atom. The first kappa shape index (κ1) is 15.2. The molecule has 116 valence electrons. The number of benzene rings is 2. The lowest BCUT2D eigenvalue weighted by atomic mass is 10.2. The highest BCUT2D eigenvalue weighted by molar-refractivity contribution is 6.30. The summed E-state index contributed by atoms with van der Waals surface area (Å²) in [6.07, 6.45) is 1.37. The van der Waals surface area contributed by atoms with Gasteiger partial charge in [0.15, 0.2) is 0 Å². The molecule has 0 spiro atoms. The van der Waals surface area contributed by atoms with Crippen LogP contribution in [0.25, 0.3) is 5.69 Å². The standard InChI is InChI=1S/C17H13ClFN3O/c1-11-14(10-20-16-5-3-2-4-15(16)19)17(23)22(21-11)13-8-6-12(18)7-9-13/h2-10,21H,1H3. The first-order chi connectivity index (χ1) is 11.1. The minimum atomic E-state index is -0.435. The Balaban J connectivity index is 2.00. The summed E-state index contributed by atoms with van der Waals surface area (Å²) < 4.78 is 15.0. The van der Waals surface area contributed by atoms with E-state index in [2.05, 4.69) is 10.1 Å². The lowest BCUT2D eigenvalue weighted by molar-refractivity contribution is 0.630. The molecule has 1 heterocycles. The number of halogens is 2. The van der Waals surface area contributed by atoms with Crippen molar-refractivity contribution in [3.63, 3.8) is 0 Å². The van der Waals surface area contributed by atoms with Gasteiger partial charge < -0.3 is 0 Å². The summed E-state index contributed by atoms with van der Waals surface area (Å²) in [5.41, 5.74) is 1.61. The number of aromatic nitrogens is 2. The van der Waals surface area contributed by atoms with Gasteiger partial charge in [0.1, 0.15) is 5.82 Å². The molecule has 0 fully saturated rings. The van der Waals surface area contributed by atoms with Crippen LogP contribution >= 0.6 is 11.6 Å².